The Kier molecular flexibility index (Phi) is 6.46. The molecule has 33 heavy (non-hydrogen) atoms. The van der Waals surface area contributed by atoms with Gasteiger partial charge < -0.3 is 10.2 Å². The molecule has 10 heteroatoms. The molecule has 1 N–H and O–H groups in total. The topological polar surface area (TPSA) is 106 Å². The summed E-state index contributed by atoms with van der Waals surface area (Å²) in [5.74, 6) is -0.554. The molecule has 0 radical (unpaired) electrons. The van der Waals surface area contributed by atoms with E-state index in [1.807, 2.05) is 0 Å². The number of aromatic nitrogens is 3. The van der Waals surface area contributed by atoms with Gasteiger partial charge in [0, 0.05) is 30.4 Å². The molecule has 0 unspecified atom stereocenters. The molecule has 0 saturated carbocycles. The lowest BCUT2D eigenvalue weighted by Gasteiger charge is -2.25. The maximum absolute atomic E-state index is 13.2. The van der Waals surface area contributed by atoms with Crippen LogP contribution in [0.1, 0.15) is 56.4 Å². The Bertz CT molecular complexity index is 1330. The molecule has 1 fully saturated rings. The molecule has 3 heterocycles. The predicted octanol–water partition coefficient (Wildman–Crippen LogP) is 3.03. The van der Waals surface area contributed by atoms with Gasteiger partial charge in [-0.25, -0.2) is 9.78 Å². The van der Waals surface area contributed by atoms with Crippen LogP contribution < -0.4 is 21.5 Å². The van der Waals surface area contributed by atoms with Crippen molar-refractivity contribution < 1.29 is 9.59 Å². The Morgan fingerprint density at radius 1 is 1.15 bits per heavy atom. The van der Waals surface area contributed by atoms with Gasteiger partial charge in [-0.15, -0.1) is 0 Å². The third kappa shape index (κ3) is 4.61. The van der Waals surface area contributed by atoms with E-state index in [4.69, 9.17) is 0 Å². The number of carbonyl (C=O) groups is 2. The summed E-state index contributed by atoms with van der Waals surface area (Å²) >= 11 is 1.27. The molecule has 0 atom stereocenters. The zero-order valence-electron chi connectivity index (χ0n) is 19.0. The summed E-state index contributed by atoms with van der Waals surface area (Å²) in [5, 5.41) is 3.44. The predicted molar refractivity (Wildman–Crippen MR) is 130 cm³/mol. The zero-order chi connectivity index (χ0) is 23.7. The summed E-state index contributed by atoms with van der Waals surface area (Å²) in [6.45, 7) is 6.40. The molecule has 1 aromatic carbocycles. The number of carbonyl (C=O) groups excluding carboxylic acids is 2. The largest absolute Gasteiger partial charge is 0.348 e. The Morgan fingerprint density at radius 2 is 1.88 bits per heavy atom. The van der Waals surface area contributed by atoms with E-state index in [0.29, 0.717) is 21.1 Å². The van der Waals surface area contributed by atoms with E-state index in [0.717, 1.165) is 32.4 Å². The number of anilines is 2. The first-order valence-electron chi connectivity index (χ1n) is 11.1. The summed E-state index contributed by atoms with van der Waals surface area (Å²) in [5.41, 5.74) is 0.232. The van der Waals surface area contributed by atoms with E-state index in [9.17, 15) is 19.2 Å². The van der Waals surface area contributed by atoms with Crippen LogP contribution in [-0.2, 0) is 11.3 Å². The average Bonchev–Trinajstić information content (AvgIpc) is 3.23. The van der Waals surface area contributed by atoms with E-state index in [1.54, 1.807) is 38.1 Å². The Hall–Kier alpha value is -3.27. The highest BCUT2D eigenvalue weighted by molar-refractivity contribution is 7.22. The third-order valence-corrected chi connectivity index (χ3v) is 6.79. The molecule has 1 aliphatic heterocycles. The van der Waals surface area contributed by atoms with Gasteiger partial charge in [0.2, 0.25) is 5.91 Å². The van der Waals surface area contributed by atoms with Crippen molar-refractivity contribution in [3.05, 3.63) is 50.7 Å². The van der Waals surface area contributed by atoms with Crippen LogP contribution in [0.15, 0.2) is 33.9 Å². The minimum atomic E-state index is -0.564. The van der Waals surface area contributed by atoms with Gasteiger partial charge in [0.25, 0.3) is 5.56 Å². The van der Waals surface area contributed by atoms with Crippen molar-refractivity contribution in [2.75, 3.05) is 23.3 Å². The van der Waals surface area contributed by atoms with Gasteiger partial charge in [-0.1, -0.05) is 23.5 Å². The first-order chi connectivity index (χ1) is 15.8. The average molecular weight is 470 g/mol. The number of rotatable bonds is 6. The van der Waals surface area contributed by atoms with Crippen LogP contribution in [0.5, 0.6) is 0 Å². The Balaban J connectivity index is 1.73. The van der Waals surface area contributed by atoms with Crippen LogP contribution in [0.25, 0.3) is 10.3 Å². The lowest BCUT2D eigenvalue weighted by Crippen LogP contribution is -2.42. The van der Waals surface area contributed by atoms with E-state index >= 15 is 0 Å². The van der Waals surface area contributed by atoms with Crippen molar-refractivity contribution in [1.82, 2.24) is 14.1 Å². The van der Waals surface area contributed by atoms with Gasteiger partial charge in [0.05, 0.1) is 0 Å². The Morgan fingerprint density at radius 3 is 2.55 bits per heavy atom. The molecule has 0 spiro atoms. The zero-order valence-corrected chi connectivity index (χ0v) is 19.8. The van der Waals surface area contributed by atoms with Crippen molar-refractivity contribution in [2.24, 2.45) is 0 Å². The van der Waals surface area contributed by atoms with Crippen LogP contribution >= 0.6 is 11.3 Å². The summed E-state index contributed by atoms with van der Waals surface area (Å²) in [4.78, 5) is 57.5. The molecule has 0 aliphatic carbocycles. The molecule has 2 aromatic heterocycles. The number of fused-ring (bicyclic) bond motifs is 1. The number of benzene rings is 1. The van der Waals surface area contributed by atoms with Crippen LogP contribution in [0, 0.1) is 0 Å². The van der Waals surface area contributed by atoms with E-state index < -0.39 is 11.6 Å². The second-order valence-corrected chi connectivity index (χ2v) is 9.50. The molecule has 1 amide bonds. The number of nitrogens with one attached hydrogen (secondary N) is 1. The normalized spacial score (nSPS) is 14.1. The monoisotopic (exact) mass is 469 g/mol. The second-order valence-electron chi connectivity index (χ2n) is 8.52. The summed E-state index contributed by atoms with van der Waals surface area (Å²) in [6.07, 6.45) is 3.28. The quantitative estimate of drug-likeness (QED) is 0.556. The first-order valence-corrected chi connectivity index (χ1v) is 11.9. The van der Waals surface area contributed by atoms with Crippen molar-refractivity contribution >= 4 is 44.2 Å². The molecule has 1 saturated heterocycles. The number of amides is 1. The lowest BCUT2D eigenvalue weighted by molar-refractivity contribution is -0.116. The molecule has 0 bridgehead atoms. The van der Waals surface area contributed by atoms with Crippen LogP contribution in [0.3, 0.4) is 0 Å². The third-order valence-electron chi connectivity index (χ3n) is 5.70. The minimum Gasteiger partial charge on any atom is -0.348 e. The molecule has 9 nitrogen and oxygen atoms in total. The van der Waals surface area contributed by atoms with Crippen molar-refractivity contribution in [3.63, 3.8) is 0 Å². The number of ketones is 1. The number of thiazole rings is 1. The number of piperidine rings is 1. The number of hydrogen-bond acceptors (Lipinski definition) is 7. The first kappa shape index (κ1) is 22.9. The maximum Gasteiger partial charge on any atom is 0.333 e. The summed E-state index contributed by atoms with van der Waals surface area (Å²) in [6, 6.07) is 6.25. The van der Waals surface area contributed by atoms with Crippen LogP contribution in [0.2, 0.25) is 0 Å². The van der Waals surface area contributed by atoms with Gasteiger partial charge in [-0.2, -0.15) is 0 Å². The smallest absolute Gasteiger partial charge is 0.333 e. The molecular formula is C23H27N5O4S. The fraction of sp³-hybridized carbons (Fsp3) is 0.435. The summed E-state index contributed by atoms with van der Waals surface area (Å²) in [7, 11) is 0. The fourth-order valence-electron chi connectivity index (χ4n) is 4.02. The minimum absolute atomic E-state index is 0.110. The van der Waals surface area contributed by atoms with Gasteiger partial charge >= 0.3 is 5.69 Å². The van der Waals surface area contributed by atoms with E-state index in [1.165, 1.54) is 27.4 Å². The van der Waals surface area contributed by atoms with Gasteiger partial charge in [-0.3, -0.25) is 23.5 Å². The standard InChI is InChI=1S/C23H27N5O4S/c1-14(2)28-21(31)19-20(25-22(33-19)26-10-5-4-6-11-26)27(23(28)32)13-18(30)24-17-9-7-8-16(12-17)15(3)29/h7-9,12,14H,4-6,10-11,13H2,1-3H3,(H,24,30). The van der Waals surface area contributed by atoms with E-state index in [-0.39, 0.29) is 29.6 Å². The van der Waals surface area contributed by atoms with E-state index in [2.05, 4.69) is 15.2 Å². The fourth-order valence-corrected chi connectivity index (χ4v) is 5.08. The maximum atomic E-state index is 13.2. The highest BCUT2D eigenvalue weighted by Crippen LogP contribution is 2.28. The van der Waals surface area contributed by atoms with Crippen LogP contribution in [-0.4, -0.2) is 38.9 Å². The SMILES string of the molecule is CC(=O)c1cccc(NC(=O)Cn2c(=O)n(C(C)C)c(=O)c3sc(N4CCCCC4)nc32)c1. The van der Waals surface area contributed by atoms with Crippen molar-refractivity contribution in [1.29, 1.82) is 0 Å². The number of hydrogen-bond donors (Lipinski definition) is 1. The molecule has 1 aliphatic rings. The highest BCUT2D eigenvalue weighted by Gasteiger charge is 2.23. The van der Waals surface area contributed by atoms with Gasteiger partial charge in [0.15, 0.2) is 16.6 Å². The second kappa shape index (κ2) is 9.30. The highest BCUT2D eigenvalue weighted by atomic mass is 32.1. The Labute approximate surface area is 194 Å². The number of nitrogens with zero attached hydrogens (tertiary/aromatic N) is 4. The molecule has 174 valence electrons. The summed E-state index contributed by atoms with van der Waals surface area (Å²) < 4.78 is 2.81. The molecule has 3 aromatic rings. The van der Waals surface area contributed by atoms with Crippen molar-refractivity contribution in [3.8, 4) is 0 Å². The van der Waals surface area contributed by atoms with Crippen molar-refractivity contribution in [2.45, 2.75) is 52.6 Å². The molecule has 4 rings (SSSR count). The molecular weight excluding hydrogens is 442 g/mol. The van der Waals surface area contributed by atoms with Crippen LogP contribution in [0.4, 0.5) is 10.8 Å². The number of Topliss-reactive ketones (excluding diaryl/α,β-unsaturated/α-hetero) is 1. The van der Waals surface area contributed by atoms with Gasteiger partial charge in [-0.05, 0) is 52.2 Å². The van der Waals surface area contributed by atoms with Gasteiger partial charge in [0.1, 0.15) is 11.2 Å². The lowest BCUT2D eigenvalue weighted by atomic mass is 10.1.